The van der Waals surface area contributed by atoms with Crippen LogP contribution in [0.2, 0.25) is 0 Å². The van der Waals surface area contributed by atoms with Crippen molar-refractivity contribution >= 4 is 17.6 Å². The van der Waals surface area contributed by atoms with Gasteiger partial charge in [0.2, 0.25) is 11.8 Å². The molecular weight excluding hydrogens is 364 g/mol. The van der Waals surface area contributed by atoms with Crippen LogP contribution in [-0.2, 0) is 19.1 Å². The van der Waals surface area contributed by atoms with Gasteiger partial charge in [-0.15, -0.1) is 0 Å². The van der Waals surface area contributed by atoms with Crippen molar-refractivity contribution in [3.63, 3.8) is 0 Å². The van der Waals surface area contributed by atoms with E-state index < -0.39 is 36.8 Å². The summed E-state index contributed by atoms with van der Waals surface area (Å²) in [4.78, 5) is 37.2. The number of amides is 2. The zero-order valence-corrected chi connectivity index (χ0v) is 17.5. The van der Waals surface area contributed by atoms with Gasteiger partial charge >= 0.3 is 0 Å². The fourth-order valence-electron chi connectivity index (χ4n) is 2.99. The van der Waals surface area contributed by atoms with Crippen molar-refractivity contribution < 1.29 is 29.3 Å². The van der Waals surface area contributed by atoms with Gasteiger partial charge in [0.05, 0.1) is 25.9 Å². The van der Waals surface area contributed by atoms with E-state index in [0.717, 1.165) is 12.8 Å². The zero-order chi connectivity index (χ0) is 21.3. The predicted octanol–water partition coefficient (Wildman–Crippen LogP) is 0.541. The zero-order valence-electron chi connectivity index (χ0n) is 17.5. The number of nitrogens with one attached hydrogen (secondary N) is 2. The molecule has 0 aromatic carbocycles. The van der Waals surface area contributed by atoms with Crippen molar-refractivity contribution in [2.75, 3.05) is 19.8 Å². The number of Topliss-reactive ketones (excluding diaryl/α,β-unsaturated/α-hetero) is 1. The number of carbonyl (C=O) groups excluding carboxylic acids is 3. The SMILES string of the molecule is CC(C)CCCCC(=O)N[C@@H](CO)C(=O)NC(CC(C)C)C(=O)C1(CO)CO1. The molecule has 4 N–H and O–H groups in total. The van der Waals surface area contributed by atoms with E-state index in [4.69, 9.17) is 4.74 Å². The van der Waals surface area contributed by atoms with Gasteiger partial charge in [0.15, 0.2) is 11.4 Å². The summed E-state index contributed by atoms with van der Waals surface area (Å²) in [5.74, 6) is -0.611. The molecule has 1 aliphatic heterocycles. The molecule has 162 valence electrons. The van der Waals surface area contributed by atoms with Crippen molar-refractivity contribution in [1.29, 1.82) is 0 Å². The number of ether oxygens (including phenoxy) is 1. The summed E-state index contributed by atoms with van der Waals surface area (Å²) in [6.45, 7) is 7.19. The average molecular weight is 401 g/mol. The van der Waals surface area contributed by atoms with Crippen molar-refractivity contribution in [1.82, 2.24) is 10.6 Å². The highest BCUT2D eigenvalue weighted by atomic mass is 16.6. The Morgan fingerprint density at radius 2 is 1.64 bits per heavy atom. The van der Waals surface area contributed by atoms with E-state index in [-0.39, 0.29) is 30.6 Å². The van der Waals surface area contributed by atoms with E-state index in [1.807, 2.05) is 13.8 Å². The van der Waals surface area contributed by atoms with E-state index in [2.05, 4.69) is 24.5 Å². The second-order valence-electron chi connectivity index (χ2n) is 8.44. The molecule has 1 rings (SSSR count). The van der Waals surface area contributed by atoms with Gasteiger partial charge in [0.1, 0.15) is 6.04 Å². The van der Waals surface area contributed by atoms with Gasteiger partial charge in [-0.2, -0.15) is 0 Å². The monoisotopic (exact) mass is 400 g/mol. The van der Waals surface area contributed by atoms with Crippen LogP contribution in [0.15, 0.2) is 0 Å². The highest BCUT2D eigenvalue weighted by molar-refractivity contribution is 5.98. The maximum Gasteiger partial charge on any atom is 0.245 e. The van der Waals surface area contributed by atoms with Crippen molar-refractivity contribution in [2.45, 2.75) is 77.5 Å². The maximum atomic E-state index is 12.6. The quantitative estimate of drug-likeness (QED) is 0.249. The third-order valence-corrected chi connectivity index (χ3v) is 4.81. The summed E-state index contributed by atoms with van der Waals surface area (Å²) in [5, 5.41) is 24.1. The van der Waals surface area contributed by atoms with E-state index >= 15 is 0 Å². The van der Waals surface area contributed by atoms with E-state index in [9.17, 15) is 24.6 Å². The van der Waals surface area contributed by atoms with Gasteiger partial charge < -0.3 is 25.6 Å². The van der Waals surface area contributed by atoms with Gasteiger partial charge in [-0.1, -0.05) is 40.5 Å². The Morgan fingerprint density at radius 3 is 2.11 bits per heavy atom. The van der Waals surface area contributed by atoms with Crippen LogP contribution >= 0.6 is 0 Å². The van der Waals surface area contributed by atoms with Crippen molar-refractivity contribution in [3.8, 4) is 0 Å². The second-order valence-corrected chi connectivity index (χ2v) is 8.44. The Kier molecular flexibility index (Phi) is 10.1. The van der Waals surface area contributed by atoms with E-state index in [0.29, 0.717) is 18.8 Å². The minimum absolute atomic E-state index is 0.117. The number of rotatable bonds is 14. The minimum atomic E-state index is -1.23. The molecule has 1 fully saturated rings. The molecule has 0 aromatic rings. The predicted molar refractivity (Wildman–Crippen MR) is 104 cm³/mol. The number of aliphatic hydroxyl groups is 2. The molecule has 0 bridgehead atoms. The number of hydrogen-bond donors (Lipinski definition) is 4. The molecule has 1 aliphatic rings. The average Bonchev–Trinajstić information content (AvgIpc) is 3.42. The van der Waals surface area contributed by atoms with Gasteiger partial charge in [0, 0.05) is 6.42 Å². The summed E-state index contributed by atoms with van der Waals surface area (Å²) in [5.41, 5.74) is -1.23. The summed E-state index contributed by atoms with van der Waals surface area (Å²) in [7, 11) is 0. The van der Waals surface area contributed by atoms with Crippen molar-refractivity contribution in [3.05, 3.63) is 0 Å². The summed E-state index contributed by atoms with van der Waals surface area (Å²) in [6, 6.07) is -1.97. The van der Waals surface area contributed by atoms with Crippen LogP contribution in [0, 0.1) is 11.8 Å². The largest absolute Gasteiger partial charge is 0.394 e. The summed E-state index contributed by atoms with van der Waals surface area (Å²) < 4.78 is 5.10. The number of ketones is 1. The van der Waals surface area contributed by atoms with Crippen LogP contribution in [0.4, 0.5) is 0 Å². The van der Waals surface area contributed by atoms with E-state index in [1.165, 1.54) is 0 Å². The van der Waals surface area contributed by atoms with Gasteiger partial charge in [-0.25, -0.2) is 0 Å². The van der Waals surface area contributed by atoms with Gasteiger partial charge in [0.25, 0.3) is 0 Å². The van der Waals surface area contributed by atoms with Crippen LogP contribution in [0.25, 0.3) is 0 Å². The first-order valence-corrected chi connectivity index (χ1v) is 10.1. The number of unbranched alkanes of at least 4 members (excludes halogenated alkanes) is 1. The molecule has 0 saturated carbocycles. The lowest BCUT2D eigenvalue weighted by Gasteiger charge is -2.24. The number of carbonyl (C=O) groups is 3. The third-order valence-electron chi connectivity index (χ3n) is 4.81. The lowest BCUT2D eigenvalue weighted by molar-refractivity contribution is -0.134. The molecule has 2 amide bonds. The number of hydrogen-bond acceptors (Lipinski definition) is 6. The molecule has 2 unspecified atom stereocenters. The number of aliphatic hydroxyl groups excluding tert-OH is 2. The minimum Gasteiger partial charge on any atom is -0.394 e. The van der Waals surface area contributed by atoms with Crippen LogP contribution in [0.1, 0.15) is 59.8 Å². The normalized spacial score (nSPS) is 20.7. The fraction of sp³-hybridized carbons (Fsp3) is 0.850. The Bertz CT molecular complexity index is 531. The Labute approximate surface area is 167 Å². The highest BCUT2D eigenvalue weighted by Gasteiger charge is 2.54. The molecule has 1 saturated heterocycles. The molecule has 1 heterocycles. The Hall–Kier alpha value is -1.51. The Balaban J connectivity index is 2.60. The van der Waals surface area contributed by atoms with Crippen LogP contribution in [-0.4, -0.2) is 65.3 Å². The first kappa shape index (κ1) is 24.5. The number of epoxide rings is 1. The molecule has 0 aliphatic carbocycles. The smallest absolute Gasteiger partial charge is 0.245 e. The lowest BCUT2D eigenvalue weighted by Crippen LogP contribution is -2.55. The summed E-state index contributed by atoms with van der Waals surface area (Å²) >= 11 is 0. The molecule has 8 nitrogen and oxygen atoms in total. The second kappa shape index (κ2) is 11.5. The molecule has 8 heteroatoms. The molecule has 3 atom stereocenters. The first-order chi connectivity index (χ1) is 13.1. The first-order valence-electron chi connectivity index (χ1n) is 10.1. The van der Waals surface area contributed by atoms with Crippen LogP contribution in [0.3, 0.4) is 0 Å². The molecule has 0 spiro atoms. The highest BCUT2D eigenvalue weighted by Crippen LogP contribution is 2.30. The van der Waals surface area contributed by atoms with Gasteiger partial charge in [-0.3, -0.25) is 14.4 Å². The standard InChI is InChI=1S/C20H36N2O6/c1-13(2)7-5-6-8-17(25)21-16(10-23)19(27)22-15(9-14(3)4)18(26)20(11-24)12-28-20/h13-16,23-24H,5-12H2,1-4H3,(H,21,25)(H,22,27)/t15?,16-,20?/m0/s1. The van der Waals surface area contributed by atoms with Crippen LogP contribution < -0.4 is 10.6 Å². The maximum absolute atomic E-state index is 12.6. The third kappa shape index (κ3) is 7.85. The molecular formula is C20H36N2O6. The van der Waals surface area contributed by atoms with E-state index in [1.54, 1.807) is 0 Å². The van der Waals surface area contributed by atoms with Gasteiger partial charge in [-0.05, 0) is 24.7 Å². The molecule has 28 heavy (non-hydrogen) atoms. The molecule has 0 aromatic heterocycles. The van der Waals surface area contributed by atoms with Crippen molar-refractivity contribution in [2.24, 2.45) is 11.8 Å². The summed E-state index contributed by atoms with van der Waals surface area (Å²) in [6.07, 6.45) is 3.33. The topological polar surface area (TPSA) is 128 Å². The van der Waals surface area contributed by atoms with Crippen LogP contribution in [0.5, 0.6) is 0 Å². The lowest BCUT2D eigenvalue weighted by atomic mass is 9.92. The Morgan fingerprint density at radius 1 is 1.00 bits per heavy atom. The molecule has 0 radical (unpaired) electrons. The fourth-order valence-corrected chi connectivity index (χ4v) is 2.99.